The van der Waals surface area contributed by atoms with Crippen molar-refractivity contribution in [2.45, 2.75) is 26.0 Å². The molecule has 1 aromatic rings. The number of hydrogen-bond acceptors (Lipinski definition) is 3. The van der Waals surface area contributed by atoms with Crippen molar-refractivity contribution in [3.05, 3.63) is 21.9 Å². The molecule has 3 heteroatoms. The maximum atomic E-state index is 5.79. The summed E-state index contributed by atoms with van der Waals surface area (Å²) in [6.07, 6.45) is 0.0463. The molecule has 1 aromatic heterocycles. The molecule has 0 amide bonds. The van der Waals surface area contributed by atoms with Crippen LogP contribution in [-0.2, 0) is 4.74 Å². The van der Waals surface area contributed by atoms with Crippen LogP contribution in [0.2, 0.25) is 0 Å². The van der Waals surface area contributed by atoms with E-state index in [-0.39, 0.29) is 12.1 Å². The van der Waals surface area contributed by atoms with Crippen molar-refractivity contribution in [3.8, 4) is 0 Å². The standard InChI is InChI=1S/C9H15NOS/c1-6-4-5-12-9(6)8(11-3)7(2)10/h4-5,7-8H,10H2,1-3H3. The molecule has 68 valence electrons. The molecule has 0 fully saturated rings. The average molecular weight is 185 g/mol. The molecule has 0 aliphatic rings. The molecular weight excluding hydrogens is 170 g/mol. The summed E-state index contributed by atoms with van der Waals surface area (Å²) in [6.45, 7) is 4.05. The van der Waals surface area contributed by atoms with Crippen LogP contribution in [0.4, 0.5) is 0 Å². The van der Waals surface area contributed by atoms with Crippen LogP contribution in [0.25, 0.3) is 0 Å². The van der Waals surface area contributed by atoms with Gasteiger partial charge in [0, 0.05) is 18.0 Å². The molecule has 0 saturated heterocycles. The molecule has 0 saturated carbocycles. The first-order valence-corrected chi connectivity index (χ1v) is 4.87. The molecule has 2 nitrogen and oxygen atoms in total. The Bertz CT molecular complexity index is 244. The summed E-state index contributed by atoms with van der Waals surface area (Å²) in [4.78, 5) is 1.24. The normalized spacial score (nSPS) is 16.0. The van der Waals surface area contributed by atoms with E-state index in [1.165, 1.54) is 10.4 Å². The lowest BCUT2D eigenvalue weighted by Crippen LogP contribution is -2.25. The van der Waals surface area contributed by atoms with Crippen LogP contribution in [0.15, 0.2) is 11.4 Å². The van der Waals surface area contributed by atoms with Gasteiger partial charge in [0.2, 0.25) is 0 Å². The fourth-order valence-corrected chi connectivity index (χ4v) is 2.35. The fraction of sp³-hybridized carbons (Fsp3) is 0.556. The van der Waals surface area contributed by atoms with Gasteiger partial charge in [0.25, 0.3) is 0 Å². The van der Waals surface area contributed by atoms with Gasteiger partial charge in [-0.3, -0.25) is 0 Å². The van der Waals surface area contributed by atoms with Crippen molar-refractivity contribution in [1.82, 2.24) is 0 Å². The fourth-order valence-electron chi connectivity index (χ4n) is 1.24. The van der Waals surface area contributed by atoms with Gasteiger partial charge < -0.3 is 10.5 Å². The van der Waals surface area contributed by atoms with Gasteiger partial charge in [-0.2, -0.15) is 0 Å². The van der Waals surface area contributed by atoms with E-state index in [1.54, 1.807) is 18.4 Å². The van der Waals surface area contributed by atoms with Gasteiger partial charge in [0.1, 0.15) is 6.10 Å². The zero-order valence-corrected chi connectivity index (χ0v) is 8.52. The first-order valence-electron chi connectivity index (χ1n) is 3.99. The minimum absolute atomic E-state index is 0.0463. The van der Waals surface area contributed by atoms with E-state index in [9.17, 15) is 0 Å². The van der Waals surface area contributed by atoms with Crippen molar-refractivity contribution in [2.24, 2.45) is 5.73 Å². The van der Waals surface area contributed by atoms with Crippen LogP contribution in [0, 0.1) is 6.92 Å². The minimum Gasteiger partial charge on any atom is -0.374 e. The second-order valence-electron chi connectivity index (χ2n) is 2.98. The van der Waals surface area contributed by atoms with Gasteiger partial charge in [-0.05, 0) is 30.9 Å². The van der Waals surface area contributed by atoms with E-state index >= 15 is 0 Å². The van der Waals surface area contributed by atoms with E-state index in [4.69, 9.17) is 10.5 Å². The van der Waals surface area contributed by atoms with Gasteiger partial charge in [-0.25, -0.2) is 0 Å². The van der Waals surface area contributed by atoms with Gasteiger partial charge in [0.05, 0.1) is 0 Å². The van der Waals surface area contributed by atoms with Gasteiger partial charge in [0.15, 0.2) is 0 Å². The Morgan fingerprint density at radius 1 is 1.58 bits per heavy atom. The van der Waals surface area contributed by atoms with Gasteiger partial charge in [-0.1, -0.05) is 0 Å². The summed E-state index contributed by atoms with van der Waals surface area (Å²) in [5, 5.41) is 2.07. The Hall–Kier alpha value is -0.380. The second-order valence-corrected chi connectivity index (χ2v) is 3.93. The lowest BCUT2D eigenvalue weighted by molar-refractivity contribution is 0.0878. The summed E-state index contributed by atoms with van der Waals surface area (Å²) in [6, 6.07) is 2.14. The highest BCUT2D eigenvalue weighted by molar-refractivity contribution is 7.10. The van der Waals surface area contributed by atoms with E-state index in [2.05, 4.69) is 18.4 Å². The van der Waals surface area contributed by atoms with Gasteiger partial charge >= 0.3 is 0 Å². The van der Waals surface area contributed by atoms with Crippen molar-refractivity contribution in [1.29, 1.82) is 0 Å². The highest BCUT2D eigenvalue weighted by atomic mass is 32.1. The lowest BCUT2D eigenvalue weighted by Gasteiger charge is -2.18. The summed E-state index contributed by atoms with van der Waals surface area (Å²) in [7, 11) is 1.70. The van der Waals surface area contributed by atoms with Crippen molar-refractivity contribution in [2.75, 3.05) is 7.11 Å². The predicted molar refractivity (Wildman–Crippen MR) is 52.5 cm³/mol. The van der Waals surface area contributed by atoms with Crippen molar-refractivity contribution >= 4 is 11.3 Å². The third-order valence-electron chi connectivity index (χ3n) is 1.89. The Balaban J connectivity index is 2.87. The third-order valence-corrected chi connectivity index (χ3v) is 2.97. The number of rotatable bonds is 3. The van der Waals surface area contributed by atoms with Crippen molar-refractivity contribution < 1.29 is 4.74 Å². The molecule has 1 heterocycles. The van der Waals surface area contributed by atoms with Crippen LogP contribution in [0.1, 0.15) is 23.5 Å². The van der Waals surface area contributed by atoms with Crippen LogP contribution >= 0.6 is 11.3 Å². The maximum Gasteiger partial charge on any atom is 0.106 e. The Labute approximate surface area is 77.3 Å². The van der Waals surface area contributed by atoms with Crippen LogP contribution < -0.4 is 5.73 Å². The molecule has 0 bridgehead atoms. The summed E-state index contributed by atoms with van der Waals surface area (Å²) in [5.74, 6) is 0. The van der Waals surface area contributed by atoms with E-state index in [0.717, 1.165) is 0 Å². The number of thiophene rings is 1. The van der Waals surface area contributed by atoms with Crippen LogP contribution in [-0.4, -0.2) is 13.2 Å². The van der Waals surface area contributed by atoms with Crippen LogP contribution in [0.5, 0.6) is 0 Å². The molecule has 0 spiro atoms. The second kappa shape index (κ2) is 4.03. The van der Waals surface area contributed by atoms with E-state index in [0.29, 0.717) is 0 Å². The largest absolute Gasteiger partial charge is 0.374 e. The number of hydrogen-bond donors (Lipinski definition) is 1. The molecule has 0 aliphatic carbocycles. The maximum absolute atomic E-state index is 5.79. The molecule has 0 aromatic carbocycles. The molecule has 12 heavy (non-hydrogen) atoms. The number of methoxy groups -OCH3 is 1. The van der Waals surface area contributed by atoms with E-state index < -0.39 is 0 Å². The predicted octanol–water partition coefficient (Wildman–Crippen LogP) is 2.09. The molecule has 0 radical (unpaired) electrons. The molecule has 1 rings (SSSR count). The summed E-state index contributed by atoms with van der Waals surface area (Å²) in [5.41, 5.74) is 7.06. The Kier molecular flexibility index (Phi) is 3.26. The Morgan fingerprint density at radius 3 is 2.58 bits per heavy atom. The molecule has 2 unspecified atom stereocenters. The van der Waals surface area contributed by atoms with Crippen LogP contribution in [0.3, 0.4) is 0 Å². The zero-order valence-electron chi connectivity index (χ0n) is 7.70. The van der Waals surface area contributed by atoms with E-state index in [1.807, 2.05) is 6.92 Å². The highest BCUT2D eigenvalue weighted by Gasteiger charge is 2.18. The molecule has 0 aliphatic heterocycles. The topological polar surface area (TPSA) is 35.2 Å². The third kappa shape index (κ3) is 1.86. The number of aryl methyl sites for hydroxylation is 1. The monoisotopic (exact) mass is 185 g/mol. The quantitative estimate of drug-likeness (QED) is 0.782. The summed E-state index contributed by atoms with van der Waals surface area (Å²) >= 11 is 1.71. The SMILES string of the molecule is COC(c1sccc1C)C(C)N. The first kappa shape index (κ1) is 9.71. The smallest absolute Gasteiger partial charge is 0.106 e. The first-order chi connectivity index (χ1) is 5.66. The molecular formula is C9H15NOS. The lowest BCUT2D eigenvalue weighted by atomic mass is 10.1. The summed E-state index contributed by atoms with van der Waals surface area (Å²) < 4.78 is 5.32. The minimum atomic E-state index is 0.0463. The molecule has 2 atom stereocenters. The van der Waals surface area contributed by atoms with Crippen molar-refractivity contribution in [3.63, 3.8) is 0 Å². The molecule has 2 N–H and O–H groups in total. The Morgan fingerprint density at radius 2 is 2.25 bits per heavy atom. The zero-order chi connectivity index (χ0) is 9.14. The van der Waals surface area contributed by atoms with Gasteiger partial charge in [-0.15, -0.1) is 11.3 Å². The highest BCUT2D eigenvalue weighted by Crippen LogP contribution is 2.27. The number of ether oxygens (including phenoxy) is 1. The average Bonchev–Trinajstić information content (AvgIpc) is 2.38. The number of nitrogens with two attached hydrogens (primary N) is 1.